The van der Waals surface area contributed by atoms with Gasteiger partial charge in [-0.25, -0.2) is 4.39 Å². The number of hydrogen-bond donors (Lipinski definition) is 3. The predicted octanol–water partition coefficient (Wildman–Crippen LogP) is 0.248. The SMILES string of the molecule is NC1=NCc2cc(NC(=O)C(O)[C@H]3OCCN(c4ccc(F)c(C(=O)N5CCOCC5)c4)C3=O)ccc21. The van der Waals surface area contributed by atoms with Crippen LogP contribution in [0.5, 0.6) is 0 Å². The summed E-state index contributed by atoms with van der Waals surface area (Å²) in [7, 11) is 0. The van der Waals surface area contributed by atoms with E-state index in [-0.39, 0.29) is 24.4 Å². The standard InChI is InChI=1S/C25H26FN5O6/c26-19-4-2-16(12-18(19)24(34)30-5-8-36-9-6-30)31-7-10-37-21(25(31)35)20(32)23(33)29-15-1-3-17-14(11-15)13-28-22(17)27/h1-4,11-12,20-21,32H,5-10,13H2,(H2,27,28)(H,29,33)/t20?,21-/m1/s1. The normalized spacial score (nSPS) is 20.3. The first kappa shape index (κ1) is 24.8. The maximum absolute atomic E-state index is 14.5. The minimum Gasteiger partial charge on any atom is -0.383 e. The van der Waals surface area contributed by atoms with E-state index in [9.17, 15) is 23.9 Å². The molecule has 0 aliphatic carbocycles. The molecule has 3 heterocycles. The van der Waals surface area contributed by atoms with E-state index in [4.69, 9.17) is 15.2 Å². The number of rotatable bonds is 5. The van der Waals surface area contributed by atoms with Gasteiger partial charge in [-0.05, 0) is 42.0 Å². The van der Waals surface area contributed by atoms with Gasteiger partial charge in [-0.1, -0.05) is 0 Å². The number of benzene rings is 2. The maximum Gasteiger partial charge on any atom is 0.259 e. The molecule has 4 N–H and O–H groups in total. The molecule has 0 spiro atoms. The Hall–Kier alpha value is -3.87. The van der Waals surface area contributed by atoms with E-state index in [2.05, 4.69) is 10.3 Å². The number of nitrogens with zero attached hydrogens (tertiary/aromatic N) is 3. The molecule has 0 radical (unpaired) electrons. The lowest BCUT2D eigenvalue weighted by molar-refractivity contribution is -0.150. The summed E-state index contributed by atoms with van der Waals surface area (Å²) in [5.74, 6) is -2.29. The van der Waals surface area contributed by atoms with Gasteiger partial charge in [0, 0.05) is 36.6 Å². The first-order valence-electron chi connectivity index (χ1n) is 11.8. The number of anilines is 2. The van der Waals surface area contributed by atoms with E-state index in [0.29, 0.717) is 44.4 Å². The minimum atomic E-state index is -1.81. The van der Waals surface area contributed by atoms with Crippen molar-refractivity contribution in [3.8, 4) is 0 Å². The largest absolute Gasteiger partial charge is 0.383 e. The third-order valence-electron chi connectivity index (χ3n) is 6.54. The molecule has 194 valence electrons. The van der Waals surface area contributed by atoms with E-state index in [0.717, 1.165) is 17.2 Å². The molecule has 0 aromatic heterocycles. The summed E-state index contributed by atoms with van der Waals surface area (Å²) >= 11 is 0. The van der Waals surface area contributed by atoms with E-state index in [1.54, 1.807) is 18.2 Å². The van der Waals surface area contributed by atoms with Gasteiger partial charge >= 0.3 is 0 Å². The van der Waals surface area contributed by atoms with Crippen molar-refractivity contribution >= 4 is 34.9 Å². The van der Waals surface area contributed by atoms with Crippen LogP contribution < -0.4 is 16.0 Å². The van der Waals surface area contributed by atoms with Crippen LogP contribution >= 0.6 is 0 Å². The number of halogens is 1. The van der Waals surface area contributed by atoms with Crippen molar-refractivity contribution in [2.24, 2.45) is 10.7 Å². The molecule has 12 heteroatoms. The van der Waals surface area contributed by atoms with Crippen LogP contribution in [0, 0.1) is 5.82 Å². The van der Waals surface area contributed by atoms with Gasteiger partial charge in [0.05, 0.1) is 31.9 Å². The van der Waals surface area contributed by atoms with Gasteiger partial charge in [-0.2, -0.15) is 0 Å². The maximum atomic E-state index is 14.5. The smallest absolute Gasteiger partial charge is 0.259 e. The minimum absolute atomic E-state index is 0.0281. The Morgan fingerprint density at radius 3 is 2.70 bits per heavy atom. The molecule has 37 heavy (non-hydrogen) atoms. The lowest BCUT2D eigenvalue weighted by Gasteiger charge is -2.34. The second-order valence-corrected chi connectivity index (χ2v) is 8.86. The Labute approximate surface area is 211 Å². The van der Waals surface area contributed by atoms with Crippen molar-refractivity contribution < 1.29 is 33.4 Å². The molecule has 1 unspecified atom stereocenters. The average Bonchev–Trinajstić information content (AvgIpc) is 3.28. The number of aliphatic imine (C=N–C) groups is 1. The zero-order valence-electron chi connectivity index (χ0n) is 19.9. The second kappa shape index (κ2) is 10.2. The average molecular weight is 512 g/mol. The number of carbonyl (C=O) groups is 3. The van der Waals surface area contributed by atoms with Gasteiger partial charge in [0.25, 0.3) is 17.7 Å². The summed E-state index contributed by atoms with van der Waals surface area (Å²) in [4.78, 5) is 45.7. The van der Waals surface area contributed by atoms with Gasteiger partial charge in [-0.3, -0.25) is 19.4 Å². The number of fused-ring (bicyclic) bond motifs is 1. The Kier molecular flexibility index (Phi) is 6.87. The first-order valence-corrected chi connectivity index (χ1v) is 11.8. The van der Waals surface area contributed by atoms with Crippen molar-refractivity contribution in [1.82, 2.24) is 4.90 Å². The summed E-state index contributed by atoms with van der Waals surface area (Å²) in [6.45, 7) is 1.93. The first-order chi connectivity index (χ1) is 17.8. The molecule has 3 amide bonds. The number of morpholine rings is 2. The number of aliphatic hydroxyl groups is 1. The number of amides is 3. The number of carbonyl (C=O) groups excluding carboxylic acids is 3. The van der Waals surface area contributed by atoms with E-state index in [1.807, 2.05) is 0 Å². The highest BCUT2D eigenvalue weighted by molar-refractivity contribution is 6.05. The lowest BCUT2D eigenvalue weighted by Crippen LogP contribution is -2.55. The number of ether oxygens (including phenoxy) is 2. The molecule has 3 aliphatic heterocycles. The molecular formula is C25H26FN5O6. The topological polar surface area (TPSA) is 147 Å². The van der Waals surface area contributed by atoms with Crippen LogP contribution in [0.1, 0.15) is 21.5 Å². The molecule has 2 atom stereocenters. The fraction of sp³-hybridized carbons (Fsp3) is 0.360. The fourth-order valence-corrected chi connectivity index (χ4v) is 4.53. The van der Waals surface area contributed by atoms with Gasteiger partial charge in [-0.15, -0.1) is 0 Å². The third-order valence-corrected chi connectivity index (χ3v) is 6.54. The Morgan fingerprint density at radius 1 is 1.14 bits per heavy atom. The molecule has 5 rings (SSSR count). The number of hydrogen-bond acceptors (Lipinski definition) is 8. The number of nitrogens with one attached hydrogen (secondary N) is 1. The molecule has 2 saturated heterocycles. The van der Waals surface area contributed by atoms with Crippen LogP contribution in [0.2, 0.25) is 0 Å². The second-order valence-electron chi connectivity index (χ2n) is 8.86. The number of aliphatic hydroxyl groups excluding tert-OH is 1. The van der Waals surface area contributed by atoms with Gasteiger partial charge in [0.2, 0.25) is 0 Å². The van der Waals surface area contributed by atoms with Crippen molar-refractivity contribution in [2.45, 2.75) is 18.8 Å². The zero-order valence-corrected chi connectivity index (χ0v) is 19.9. The molecule has 2 fully saturated rings. The van der Waals surface area contributed by atoms with Crippen LogP contribution in [0.4, 0.5) is 15.8 Å². The summed E-state index contributed by atoms with van der Waals surface area (Å²) in [5, 5.41) is 13.3. The van der Waals surface area contributed by atoms with Crippen molar-refractivity contribution in [3.05, 3.63) is 58.9 Å². The van der Waals surface area contributed by atoms with Crippen LogP contribution in [0.25, 0.3) is 0 Å². The summed E-state index contributed by atoms with van der Waals surface area (Å²) < 4.78 is 25.2. The number of nitrogens with two attached hydrogens (primary N) is 1. The van der Waals surface area contributed by atoms with E-state index >= 15 is 0 Å². The van der Waals surface area contributed by atoms with Gasteiger partial charge in [0.1, 0.15) is 11.7 Å². The number of amidine groups is 1. The quantitative estimate of drug-likeness (QED) is 0.521. The molecule has 0 saturated carbocycles. The molecule has 3 aliphatic rings. The Balaban J connectivity index is 1.29. The van der Waals surface area contributed by atoms with Crippen LogP contribution in [-0.4, -0.2) is 85.2 Å². The van der Waals surface area contributed by atoms with Crippen molar-refractivity contribution in [2.75, 3.05) is 49.7 Å². The van der Waals surface area contributed by atoms with Crippen molar-refractivity contribution in [1.29, 1.82) is 0 Å². The summed E-state index contributed by atoms with van der Waals surface area (Å²) in [6, 6.07) is 8.84. The molecule has 2 aromatic carbocycles. The Bertz CT molecular complexity index is 1280. The van der Waals surface area contributed by atoms with Crippen LogP contribution in [0.3, 0.4) is 0 Å². The summed E-state index contributed by atoms with van der Waals surface area (Å²) in [5.41, 5.74) is 7.93. The predicted molar refractivity (Wildman–Crippen MR) is 131 cm³/mol. The highest BCUT2D eigenvalue weighted by atomic mass is 19.1. The fourth-order valence-electron chi connectivity index (χ4n) is 4.53. The van der Waals surface area contributed by atoms with Gasteiger partial charge in [0.15, 0.2) is 12.2 Å². The lowest BCUT2D eigenvalue weighted by atomic mass is 10.1. The monoisotopic (exact) mass is 511 g/mol. The highest BCUT2D eigenvalue weighted by Crippen LogP contribution is 2.25. The van der Waals surface area contributed by atoms with Crippen LogP contribution in [0.15, 0.2) is 41.4 Å². The van der Waals surface area contributed by atoms with Gasteiger partial charge < -0.3 is 35.4 Å². The molecule has 11 nitrogen and oxygen atoms in total. The summed E-state index contributed by atoms with van der Waals surface area (Å²) in [6.07, 6.45) is -3.29. The molecule has 2 aromatic rings. The zero-order chi connectivity index (χ0) is 26.1. The van der Waals surface area contributed by atoms with Crippen LogP contribution in [-0.2, 0) is 25.6 Å². The Morgan fingerprint density at radius 2 is 1.92 bits per heavy atom. The van der Waals surface area contributed by atoms with E-state index < -0.39 is 35.7 Å². The molecule has 0 bridgehead atoms. The molecular weight excluding hydrogens is 485 g/mol. The highest BCUT2D eigenvalue weighted by Gasteiger charge is 2.40. The van der Waals surface area contributed by atoms with Crippen molar-refractivity contribution in [3.63, 3.8) is 0 Å². The third kappa shape index (κ3) is 4.90. The van der Waals surface area contributed by atoms with E-state index in [1.165, 1.54) is 21.9 Å².